The third kappa shape index (κ3) is 2.47. The molecule has 0 atom stereocenters. The van der Waals surface area contributed by atoms with Gasteiger partial charge >= 0.3 is 6.03 Å². The number of carbonyl (C=O) groups excluding carboxylic acids is 1. The third-order valence-corrected chi connectivity index (χ3v) is 3.21. The summed E-state index contributed by atoms with van der Waals surface area (Å²) in [6.45, 7) is 0. The van der Waals surface area contributed by atoms with Gasteiger partial charge in [0.1, 0.15) is 0 Å². The molecule has 20 heavy (non-hydrogen) atoms. The van der Waals surface area contributed by atoms with Crippen LogP contribution in [0.25, 0.3) is 17.7 Å². The summed E-state index contributed by atoms with van der Waals surface area (Å²) in [5.41, 5.74) is 10.5. The zero-order valence-electron chi connectivity index (χ0n) is 10.8. The SMILES string of the molecule is NC(=O)Nc1ccc(/C=C2\C=Cc3ccccc32)cc1. The monoisotopic (exact) mass is 262 g/mol. The number of rotatable bonds is 2. The average Bonchev–Trinajstić information content (AvgIpc) is 2.84. The van der Waals surface area contributed by atoms with Crippen molar-refractivity contribution in [1.29, 1.82) is 0 Å². The summed E-state index contributed by atoms with van der Waals surface area (Å²) in [5, 5.41) is 2.55. The number of nitrogens with one attached hydrogen (secondary N) is 1. The van der Waals surface area contributed by atoms with E-state index in [1.54, 1.807) is 0 Å². The van der Waals surface area contributed by atoms with Gasteiger partial charge in [0.2, 0.25) is 0 Å². The van der Waals surface area contributed by atoms with Crippen LogP contribution >= 0.6 is 0 Å². The number of hydrogen-bond acceptors (Lipinski definition) is 1. The van der Waals surface area contributed by atoms with Gasteiger partial charge in [0, 0.05) is 5.69 Å². The highest BCUT2D eigenvalue weighted by Crippen LogP contribution is 2.30. The highest BCUT2D eigenvalue weighted by atomic mass is 16.2. The van der Waals surface area contributed by atoms with Gasteiger partial charge in [0.25, 0.3) is 0 Å². The maximum Gasteiger partial charge on any atom is 0.316 e. The number of hydrogen-bond donors (Lipinski definition) is 2. The van der Waals surface area contributed by atoms with E-state index < -0.39 is 6.03 Å². The minimum Gasteiger partial charge on any atom is -0.351 e. The van der Waals surface area contributed by atoms with Crippen LogP contribution in [0.4, 0.5) is 10.5 Å². The molecule has 2 aromatic carbocycles. The lowest BCUT2D eigenvalue weighted by atomic mass is 10.0. The molecule has 0 aliphatic heterocycles. The van der Waals surface area contributed by atoms with E-state index in [1.807, 2.05) is 36.4 Å². The molecule has 3 N–H and O–H groups in total. The van der Waals surface area contributed by atoms with Crippen molar-refractivity contribution in [1.82, 2.24) is 0 Å². The summed E-state index contributed by atoms with van der Waals surface area (Å²) in [6.07, 6.45) is 6.35. The molecule has 1 aliphatic carbocycles. The van der Waals surface area contributed by atoms with E-state index in [-0.39, 0.29) is 0 Å². The fourth-order valence-corrected chi connectivity index (χ4v) is 2.28. The van der Waals surface area contributed by atoms with Crippen molar-refractivity contribution < 1.29 is 4.79 Å². The lowest BCUT2D eigenvalue weighted by Gasteiger charge is -2.03. The minimum absolute atomic E-state index is 0.552. The Morgan fingerprint density at radius 1 is 1.00 bits per heavy atom. The second kappa shape index (κ2) is 5.05. The number of primary amides is 1. The summed E-state index contributed by atoms with van der Waals surface area (Å²) in [4.78, 5) is 10.8. The van der Waals surface area contributed by atoms with Crippen molar-refractivity contribution in [3.8, 4) is 0 Å². The molecule has 0 heterocycles. The highest BCUT2D eigenvalue weighted by molar-refractivity contribution is 5.97. The zero-order valence-corrected chi connectivity index (χ0v) is 10.8. The van der Waals surface area contributed by atoms with E-state index >= 15 is 0 Å². The lowest BCUT2D eigenvalue weighted by Crippen LogP contribution is -2.19. The second-order valence-corrected chi connectivity index (χ2v) is 4.63. The van der Waals surface area contributed by atoms with Crippen LogP contribution in [0.5, 0.6) is 0 Å². The van der Waals surface area contributed by atoms with Crippen LogP contribution in [0.2, 0.25) is 0 Å². The van der Waals surface area contributed by atoms with E-state index in [1.165, 1.54) is 16.7 Å². The largest absolute Gasteiger partial charge is 0.351 e. The summed E-state index contributed by atoms with van der Waals surface area (Å²) in [5.74, 6) is 0. The second-order valence-electron chi connectivity index (χ2n) is 4.63. The molecular weight excluding hydrogens is 248 g/mol. The van der Waals surface area contributed by atoms with Crippen molar-refractivity contribution in [2.24, 2.45) is 5.73 Å². The van der Waals surface area contributed by atoms with Crippen LogP contribution in [0.1, 0.15) is 16.7 Å². The summed E-state index contributed by atoms with van der Waals surface area (Å²) in [6, 6.07) is 15.3. The first-order valence-electron chi connectivity index (χ1n) is 6.38. The smallest absolute Gasteiger partial charge is 0.316 e. The number of nitrogens with two attached hydrogens (primary N) is 1. The van der Waals surface area contributed by atoms with Crippen LogP contribution in [0.15, 0.2) is 54.6 Å². The molecule has 2 amide bonds. The Bertz CT molecular complexity index is 712. The normalized spacial score (nSPS) is 14.3. The highest BCUT2D eigenvalue weighted by Gasteiger charge is 2.08. The standard InChI is InChI=1S/C17H14N2O/c18-17(20)19-15-9-5-12(6-10-15)11-14-8-7-13-3-1-2-4-16(13)14/h1-11H,(H3,18,19,20)/b14-11+. The van der Waals surface area contributed by atoms with Gasteiger partial charge in [-0.05, 0) is 40.5 Å². The minimum atomic E-state index is -0.552. The predicted molar refractivity (Wildman–Crippen MR) is 83.0 cm³/mol. The molecular formula is C17H14N2O. The van der Waals surface area contributed by atoms with Crippen LogP contribution in [-0.4, -0.2) is 6.03 Å². The van der Waals surface area contributed by atoms with Crippen LogP contribution < -0.4 is 11.1 Å². The molecule has 0 unspecified atom stereocenters. The number of anilines is 1. The van der Waals surface area contributed by atoms with Gasteiger partial charge in [-0.25, -0.2) is 4.79 Å². The Balaban J connectivity index is 1.87. The van der Waals surface area contributed by atoms with E-state index in [0.29, 0.717) is 5.69 Å². The molecule has 0 aromatic heterocycles. The van der Waals surface area contributed by atoms with Crippen molar-refractivity contribution in [2.45, 2.75) is 0 Å². The number of fused-ring (bicyclic) bond motifs is 1. The Kier molecular flexibility index (Phi) is 3.09. The van der Waals surface area contributed by atoms with E-state index in [9.17, 15) is 4.79 Å². The van der Waals surface area contributed by atoms with Crippen LogP contribution in [0, 0.1) is 0 Å². The van der Waals surface area contributed by atoms with Crippen LogP contribution in [0.3, 0.4) is 0 Å². The zero-order chi connectivity index (χ0) is 13.9. The molecule has 0 radical (unpaired) electrons. The number of allylic oxidation sites excluding steroid dienone is 2. The lowest BCUT2D eigenvalue weighted by molar-refractivity contribution is 0.259. The van der Waals surface area contributed by atoms with Gasteiger partial charge in [0.15, 0.2) is 0 Å². The number of urea groups is 1. The fraction of sp³-hybridized carbons (Fsp3) is 0. The first-order chi connectivity index (χ1) is 9.72. The van der Waals surface area contributed by atoms with Gasteiger partial charge < -0.3 is 11.1 Å². The maximum absolute atomic E-state index is 10.8. The Morgan fingerprint density at radius 3 is 2.50 bits per heavy atom. The first-order valence-corrected chi connectivity index (χ1v) is 6.38. The Morgan fingerprint density at radius 2 is 1.75 bits per heavy atom. The molecule has 0 bridgehead atoms. The first kappa shape index (κ1) is 12.2. The van der Waals surface area contributed by atoms with Gasteiger partial charge in [-0.2, -0.15) is 0 Å². The topological polar surface area (TPSA) is 55.1 Å². The molecule has 0 saturated carbocycles. The van der Waals surface area contributed by atoms with Gasteiger partial charge in [-0.15, -0.1) is 0 Å². The van der Waals surface area contributed by atoms with Crippen molar-refractivity contribution in [3.05, 3.63) is 71.3 Å². The Hall–Kier alpha value is -2.81. The molecule has 3 rings (SSSR count). The molecule has 3 nitrogen and oxygen atoms in total. The molecule has 2 aromatic rings. The third-order valence-electron chi connectivity index (χ3n) is 3.21. The van der Waals surface area contributed by atoms with Crippen LogP contribution in [-0.2, 0) is 0 Å². The summed E-state index contributed by atoms with van der Waals surface area (Å²) < 4.78 is 0. The Labute approximate surface area is 117 Å². The van der Waals surface area contributed by atoms with E-state index in [0.717, 1.165) is 5.56 Å². The molecule has 0 fully saturated rings. The van der Waals surface area contributed by atoms with Gasteiger partial charge in [0.05, 0.1) is 0 Å². The fourth-order valence-electron chi connectivity index (χ4n) is 2.28. The molecule has 1 aliphatic rings. The summed E-state index contributed by atoms with van der Waals surface area (Å²) >= 11 is 0. The number of benzene rings is 2. The molecule has 98 valence electrons. The maximum atomic E-state index is 10.8. The predicted octanol–water partition coefficient (Wildman–Crippen LogP) is 3.74. The quantitative estimate of drug-likeness (QED) is 0.851. The molecule has 0 saturated heterocycles. The molecule has 0 spiro atoms. The van der Waals surface area contributed by atoms with E-state index in [2.05, 4.69) is 35.7 Å². The number of carbonyl (C=O) groups is 1. The van der Waals surface area contributed by atoms with Crippen molar-refractivity contribution in [3.63, 3.8) is 0 Å². The van der Waals surface area contributed by atoms with Gasteiger partial charge in [-0.1, -0.05) is 48.6 Å². The van der Waals surface area contributed by atoms with E-state index in [4.69, 9.17) is 5.73 Å². The molecule has 3 heteroatoms. The number of amides is 2. The van der Waals surface area contributed by atoms with Crippen molar-refractivity contribution in [2.75, 3.05) is 5.32 Å². The van der Waals surface area contributed by atoms with Crippen molar-refractivity contribution >= 4 is 29.4 Å². The van der Waals surface area contributed by atoms with Gasteiger partial charge in [-0.3, -0.25) is 0 Å². The average molecular weight is 262 g/mol. The summed E-state index contributed by atoms with van der Waals surface area (Å²) in [7, 11) is 0.